The average molecular weight is 463 g/mol. The number of methoxy groups -OCH3 is 1. The van der Waals surface area contributed by atoms with Crippen LogP contribution in [0.25, 0.3) is 0 Å². The Hall–Kier alpha value is -3.68. The average Bonchev–Trinajstić information content (AvgIpc) is 3.34. The summed E-state index contributed by atoms with van der Waals surface area (Å²) in [6, 6.07) is 14.8. The van der Waals surface area contributed by atoms with Crippen molar-refractivity contribution in [3.8, 4) is 5.75 Å². The summed E-state index contributed by atoms with van der Waals surface area (Å²) in [5.41, 5.74) is 2.42. The highest BCUT2D eigenvalue weighted by Crippen LogP contribution is 2.22. The zero-order valence-corrected chi connectivity index (χ0v) is 19.8. The zero-order valence-electron chi connectivity index (χ0n) is 19.8. The summed E-state index contributed by atoms with van der Waals surface area (Å²) in [6.07, 6.45) is 1.86. The van der Waals surface area contributed by atoms with Gasteiger partial charge in [-0.2, -0.15) is 4.98 Å². The van der Waals surface area contributed by atoms with E-state index in [0.717, 1.165) is 17.0 Å². The number of nitrogens with zero attached hydrogens (tertiary/aromatic N) is 3. The summed E-state index contributed by atoms with van der Waals surface area (Å²) in [6.45, 7) is 5.14. The number of carbonyl (C=O) groups is 2. The molecule has 2 heterocycles. The fourth-order valence-electron chi connectivity index (χ4n) is 3.97. The monoisotopic (exact) mass is 462 g/mol. The molecular weight excluding hydrogens is 432 g/mol. The van der Waals surface area contributed by atoms with Crippen molar-refractivity contribution < 1.29 is 18.8 Å². The van der Waals surface area contributed by atoms with Crippen LogP contribution < -0.4 is 10.1 Å². The van der Waals surface area contributed by atoms with Crippen molar-refractivity contribution in [3.63, 3.8) is 0 Å². The first-order valence-corrected chi connectivity index (χ1v) is 11.6. The first kappa shape index (κ1) is 23.5. The van der Waals surface area contributed by atoms with Crippen LogP contribution in [0, 0.1) is 5.92 Å². The maximum absolute atomic E-state index is 12.8. The molecule has 1 fully saturated rings. The van der Waals surface area contributed by atoms with Gasteiger partial charge in [0, 0.05) is 42.6 Å². The number of ether oxygens (including phenoxy) is 1. The number of anilines is 1. The van der Waals surface area contributed by atoms with E-state index in [2.05, 4.69) is 15.5 Å². The first-order chi connectivity index (χ1) is 16.4. The predicted molar refractivity (Wildman–Crippen MR) is 128 cm³/mol. The second-order valence-electron chi connectivity index (χ2n) is 8.86. The number of hydrogen-bond donors (Lipinski definition) is 1. The minimum absolute atomic E-state index is 0.0101. The molecule has 1 N–H and O–H groups in total. The molecule has 0 radical (unpaired) electrons. The van der Waals surface area contributed by atoms with Gasteiger partial charge in [-0.1, -0.05) is 31.1 Å². The number of likely N-dealkylation sites (tertiary alicyclic amines) is 1. The Balaban J connectivity index is 1.26. The Labute approximate surface area is 199 Å². The fourth-order valence-corrected chi connectivity index (χ4v) is 3.97. The molecule has 1 aliphatic heterocycles. The molecule has 1 aliphatic rings. The largest absolute Gasteiger partial charge is 0.497 e. The van der Waals surface area contributed by atoms with Crippen LogP contribution in [0.5, 0.6) is 5.75 Å². The Morgan fingerprint density at radius 2 is 1.76 bits per heavy atom. The van der Waals surface area contributed by atoms with Crippen LogP contribution in [-0.4, -0.2) is 47.1 Å². The lowest BCUT2D eigenvalue weighted by molar-refractivity contribution is -0.121. The van der Waals surface area contributed by atoms with Crippen molar-refractivity contribution in [1.82, 2.24) is 15.0 Å². The Bertz CT molecular complexity index is 1110. The van der Waals surface area contributed by atoms with E-state index >= 15 is 0 Å². The number of amides is 2. The number of piperidine rings is 1. The third-order valence-electron chi connectivity index (χ3n) is 6.05. The summed E-state index contributed by atoms with van der Waals surface area (Å²) in [4.78, 5) is 31.7. The van der Waals surface area contributed by atoms with Gasteiger partial charge in [0.25, 0.3) is 5.91 Å². The first-order valence-electron chi connectivity index (χ1n) is 11.6. The van der Waals surface area contributed by atoms with Crippen LogP contribution in [-0.2, 0) is 11.2 Å². The van der Waals surface area contributed by atoms with Crippen molar-refractivity contribution in [2.45, 2.75) is 39.0 Å². The molecule has 0 aliphatic carbocycles. The van der Waals surface area contributed by atoms with Gasteiger partial charge in [-0.25, -0.2) is 0 Å². The van der Waals surface area contributed by atoms with Crippen LogP contribution in [0.1, 0.15) is 60.2 Å². The summed E-state index contributed by atoms with van der Waals surface area (Å²) in [5.74, 6) is 2.06. The van der Waals surface area contributed by atoms with Crippen LogP contribution in [0.15, 0.2) is 53.1 Å². The van der Waals surface area contributed by atoms with Crippen molar-refractivity contribution in [3.05, 3.63) is 71.4 Å². The SMILES string of the molecule is COc1ccc(C(=O)N2CCC(C(=O)Nc3ccc(Cc4noc(C(C)C)n4)cc3)CC2)cc1. The number of benzene rings is 2. The lowest BCUT2D eigenvalue weighted by Gasteiger charge is -2.31. The molecule has 2 amide bonds. The molecule has 0 spiro atoms. The molecule has 8 nitrogen and oxygen atoms in total. The van der Waals surface area contributed by atoms with Gasteiger partial charge in [-0.3, -0.25) is 9.59 Å². The maximum atomic E-state index is 12.8. The van der Waals surface area contributed by atoms with E-state index in [1.807, 2.05) is 43.0 Å². The lowest BCUT2D eigenvalue weighted by Crippen LogP contribution is -2.41. The number of aromatic nitrogens is 2. The van der Waals surface area contributed by atoms with Crippen molar-refractivity contribution in [2.75, 3.05) is 25.5 Å². The van der Waals surface area contributed by atoms with E-state index in [9.17, 15) is 9.59 Å². The van der Waals surface area contributed by atoms with E-state index in [1.165, 1.54) is 0 Å². The fraction of sp³-hybridized carbons (Fsp3) is 0.385. The van der Waals surface area contributed by atoms with E-state index in [1.54, 1.807) is 31.4 Å². The Kier molecular flexibility index (Phi) is 7.25. The number of carbonyl (C=O) groups excluding carboxylic acids is 2. The molecule has 0 atom stereocenters. The normalized spacial score (nSPS) is 14.3. The third kappa shape index (κ3) is 5.62. The van der Waals surface area contributed by atoms with Crippen molar-refractivity contribution in [2.24, 2.45) is 5.92 Å². The molecule has 0 saturated carbocycles. The van der Waals surface area contributed by atoms with E-state index in [-0.39, 0.29) is 23.7 Å². The zero-order chi connectivity index (χ0) is 24.1. The molecule has 1 aromatic heterocycles. The van der Waals surface area contributed by atoms with Gasteiger partial charge in [0.15, 0.2) is 5.82 Å². The summed E-state index contributed by atoms with van der Waals surface area (Å²) in [7, 11) is 1.60. The second kappa shape index (κ2) is 10.5. The minimum atomic E-state index is -0.117. The van der Waals surface area contributed by atoms with E-state index in [4.69, 9.17) is 9.26 Å². The number of rotatable bonds is 7. The van der Waals surface area contributed by atoms with Gasteiger partial charge in [0.2, 0.25) is 11.8 Å². The topological polar surface area (TPSA) is 97.6 Å². The molecule has 4 rings (SSSR count). The van der Waals surface area contributed by atoms with Crippen LogP contribution in [0.4, 0.5) is 5.69 Å². The van der Waals surface area contributed by atoms with E-state index in [0.29, 0.717) is 49.6 Å². The summed E-state index contributed by atoms with van der Waals surface area (Å²) >= 11 is 0. The highest BCUT2D eigenvalue weighted by Gasteiger charge is 2.28. The molecule has 3 aromatic rings. The molecule has 0 unspecified atom stereocenters. The number of hydrogen-bond acceptors (Lipinski definition) is 6. The standard InChI is InChI=1S/C26H30N4O4/c1-17(2)25-28-23(29-34-25)16-18-4-8-21(9-5-18)27-24(31)19-12-14-30(15-13-19)26(32)20-6-10-22(33-3)11-7-20/h4-11,17,19H,12-16H2,1-3H3,(H,27,31). The molecular formula is C26H30N4O4. The smallest absolute Gasteiger partial charge is 0.253 e. The molecule has 0 bridgehead atoms. The Morgan fingerprint density at radius 1 is 1.09 bits per heavy atom. The molecule has 178 valence electrons. The molecule has 8 heteroatoms. The van der Waals surface area contributed by atoms with Crippen molar-refractivity contribution >= 4 is 17.5 Å². The van der Waals surface area contributed by atoms with Crippen molar-refractivity contribution in [1.29, 1.82) is 0 Å². The van der Waals surface area contributed by atoms with Gasteiger partial charge < -0.3 is 19.5 Å². The van der Waals surface area contributed by atoms with Crippen LogP contribution >= 0.6 is 0 Å². The minimum Gasteiger partial charge on any atom is -0.497 e. The number of nitrogens with one attached hydrogen (secondary N) is 1. The lowest BCUT2D eigenvalue weighted by atomic mass is 9.95. The van der Waals surface area contributed by atoms with E-state index < -0.39 is 0 Å². The molecule has 1 saturated heterocycles. The predicted octanol–water partition coefficient (Wildman–Crippen LogP) is 4.28. The highest BCUT2D eigenvalue weighted by molar-refractivity contribution is 5.95. The van der Waals surface area contributed by atoms with Gasteiger partial charge in [-0.05, 0) is 54.8 Å². The van der Waals surface area contributed by atoms with Gasteiger partial charge in [0.1, 0.15) is 5.75 Å². The summed E-state index contributed by atoms with van der Waals surface area (Å²) in [5, 5.41) is 7.02. The van der Waals surface area contributed by atoms with Gasteiger partial charge in [-0.15, -0.1) is 0 Å². The van der Waals surface area contributed by atoms with Crippen LogP contribution in [0.2, 0.25) is 0 Å². The van der Waals surface area contributed by atoms with Gasteiger partial charge >= 0.3 is 0 Å². The second-order valence-corrected chi connectivity index (χ2v) is 8.86. The van der Waals surface area contributed by atoms with Gasteiger partial charge in [0.05, 0.1) is 7.11 Å². The molecule has 34 heavy (non-hydrogen) atoms. The highest BCUT2D eigenvalue weighted by atomic mass is 16.5. The maximum Gasteiger partial charge on any atom is 0.253 e. The quantitative estimate of drug-likeness (QED) is 0.563. The Morgan fingerprint density at radius 3 is 2.35 bits per heavy atom. The summed E-state index contributed by atoms with van der Waals surface area (Å²) < 4.78 is 10.4. The third-order valence-corrected chi connectivity index (χ3v) is 6.05. The molecule has 2 aromatic carbocycles. The van der Waals surface area contributed by atoms with Crippen LogP contribution in [0.3, 0.4) is 0 Å².